The van der Waals surface area contributed by atoms with Crippen LogP contribution in [-0.4, -0.2) is 29.7 Å². The van der Waals surface area contributed by atoms with Crippen molar-refractivity contribution in [3.05, 3.63) is 0 Å². The molecule has 0 N–H and O–H groups in total. The lowest BCUT2D eigenvalue weighted by Crippen LogP contribution is -2.40. The minimum Gasteiger partial charge on any atom is -0.444 e. The fourth-order valence-electron chi connectivity index (χ4n) is 1.63. The summed E-state index contributed by atoms with van der Waals surface area (Å²) in [6, 6.07) is 2.08. The van der Waals surface area contributed by atoms with Gasteiger partial charge in [0.25, 0.3) is 0 Å². The molecule has 0 fully saturated rings. The first-order valence-corrected chi connectivity index (χ1v) is 6.68. The van der Waals surface area contributed by atoms with Crippen LogP contribution in [0.5, 0.6) is 0 Å². The molecule has 0 radical (unpaired) electrons. The summed E-state index contributed by atoms with van der Waals surface area (Å²) in [5, 5.41) is 8.65. The average Bonchev–Trinajstić information content (AvgIpc) is 2.27. The summed E-state index contributed by atoms with van der Waals surface area (Å²) in [6.45, 7) is 10.9. The van der Waals surface area contributed by atoms with Crippen LogP contribution in [0.1, 0.15) is 53.9 Å². The maximum absolute atomic E-state index is 12.0. The lowest BCUT2D eigenvalue weighted by atomic mass is 10.0. The van der Waals surface area contributed by atoms with Crippen LogP contribution >= 0.6 is 0 Å². The van der Waals surface area contributed by atoms with Gasteiger partial charge in [0.2, 0.25) is 0 Å². The second-order valence-electron chi connectivity index (χ2n) is 5.52. The first-order chi connectivity index (χ1) is 8.34. The van der Waals surface area contributed by atoms with Crippen molar-refractivity contribution in [1.29, 1.82) is 5.26 Å². The van der Waals surface area contributed by atoms with E-state index in [9.17, 15) is 4.79 Å². The highest BCUT2D eigenvalue weighted by molar-refractivity contribution is 5.68. The summed E-state index contributed by atoms with van der Waals surface area (Å²) in [4.78, 5) is 13.7. The summed E-state index contributed by atoms with van der Waals surface area (Å²) < 4.78 is 5.36. The van der Waals surface area contributed by atoms with E-state index in [1.54, 1.807) is 4.90 Å². The molecule has 0 aromatic heterocycles. The Balaban J connectivity index is 4.56. The van der Waals surface area contributed by atoms with Crippen LogP contribution in [0, 0.1) is 17.2 Å². The normalized spacial score (nSPS) is 11.2. The van der Waals surface area contributed by atoms with Gasteiger partial charge in [-0.25, -0.2) is 4.79 Å². The Morgan fingerprint density at radius 2 is 1.89 bits per heavy atom. The summed E-state index contributed by atoms with van der Waals surface area (Å²) in [5.41, 5.74) is -0.490. The molecule has 0 saturated carbocycles. The van der Waals surface area contributed by atoms with E-state index in [2.05, 4.69) is 19.9 Å². The van der Waals surface area contributed by atoms with Crippen LogP contribution in [0.3, 0.4) is 0 Å². The predicted octanol–water partition coefficient (Wildman–Crippen LogP) is 3.57. The molecule has 4 heteroatoms. The summed E-state index contributed by atoms with van der Waals surface area (Å²) in [7, 11) is 0. The Kier molecular flexibility index (Phi) is 7.42. The van der Waals surface area contributed by atoms with Crippen molar-refractivity contribution in [3.8, 4) is 6.07 Å². The SMILES string of the molecule is CCC(CC)CN(CCC#N)C(=O)OC(C)(C)C. The molecule has 0 spiro atoms. The molecule has 0 bridgehead atoms. The quantitative estimate of drug-likeness (QED) is 0.728. The third-order valence-electron chi connectivity index (χ3n) is 2.78. The van der Waals surface area contributed by atoms with Gasteiger partial charge in [-0.15, -0.1) is 0 Å². The van der Waals surface area contributed by atoms with Gasteiger partial charge in [-0.05, 0) is 26.7 Å². The molecule has 0 heterocycles. The smallest absolute Gasteiger partial charge is 0.410 e. The number of carbonyl (C=O) groups excluding carboxylic acids is 1. The number of hydrogen-bond donors (Lipinski definition) is 0. The first kappa shape index (κ1) is 16.8. The zero-order valence-electron chi connectivity index (χ0n) is 12.3. The minimum absolute atomic E-state index is 0.315. The van der Waals surface area contributed by atoms with Crippen LogP contribution in [0.25, 0.3) is 0 Å². The van der Waals surface area contributed by atoms with Crippen molar-refractivity contribution in [2.24, 2.45) is 5.92 Å². The fourth-order valence-corrected chi connectivity index (χ4v) is 1.63. The largest absolute Gasteiger partial charge is 0.444 e. The molecular formula is C14H26N2O2. The monoisotopic (exact) mass is 254 g/mol. The lowest BCUT2D eigenvalue weighted by Gasteiger charge is -2.29. The highest BCUT2D eigenvalue weighted by Crippen LogP contribution is 2.14. The van der Waals surface area contributed by atoms with Crippen LogP contribution in [0.2, 0.25) is 0 Å². The van der Waals surface area contributed by atoms with E-state index in [1.807, 2.05) is 20.8 Å². The number of amides is 1. The molecule has 18 heavy (non-hydrogen) atoms. The van der Waals surface area contributed by atoms with Gasteiger partial charge >= 0.3 is 6.09 Å². The molecule has 0 atom stereocenters. The van der Waals surface area contributed by atoms with Gasteiger partial charge in [0.1, 0.15) is 5.60 Å². The third-order valence-corrected chi connectivity index (χ3v) is 2.78. The Morgan fingerprint density at radius 3 is 2.28 bits per heavy atom. The second kappa shape index (κ2) is 7.97. The lowest BCUT2D eigenvalue weighted by molar-refractivity contribution is 0.0222. The molecule has 0 aliphatic heterocycles. The molecule has 0 aliphatic carbocycles. The van der Waals surface area contributed by atoms with Crippen molar-refractivity contribution >= 4 is 6.09 Å². The summed E-state index contributed by atoms with van der Waals surface area (Å²) >= 11 is 0. The van der Waals surface area contributed by atoms with Gasteiger partial charge in [0.15, 0.2) is 0 Å². The number of hydrogen-bond acceptors (Lipinski definition) is 3. The van der Waals surface area contributed by atoms with Gasteiger partial charge < -0.3 is 9.64 Å². The minimum atomic E-state index is -0.490. The molecule has 0 aromatic rings. The average molecular weight is 254 g/mol. The Hall–Kier alpha value is -1.24. The van der Waals surface area contributed by atoms with Crippen LogP contribution < -0.4 is 0 Å². The molecule has 104 valence electrons. The highest BCUT2D eigenvalue weighted by Gasteiger charge is 2.23. The van der Waals surface area contributed by atoms with Crippen molar-refractivity contribution in [3.63, 3.8) is 0 Å². The zero-order chi connectivity index (χ0) is 14.2. The topological polar surface area (TPSA) is 53.3 Å². The van der Waals surface area contributed by atoms with Crippen LogP contribution in [-0.2, 0) is 4.74 Å². The molecule has 0 aliphatic rings. The Labute approximate surface area is 111 Å². The molecule has 0 unspecified atom stereocenters. The standard InChI is InChI=1S/C14H26N2O2/c1-6-12(7-2)11-16(10-8-9-15)13(17)18-14(3,4)5/h12H,6-8,10-11H2,1-5H3. The van der Waals surface area contributed by atoms with Gasteiger partial charge in [0, 0.05) is 13.1 Å². The van der Waals surface area contributed by atoms with E-state index in [-0.39, 0.29) is 6.09 Å². The van der Waals surface area contributed by atoms with Crippen LogP contribution in [0.15, 0.2) is 0 Å². The number of rotatable bonds is 6. The maximum Gasteiger partial charge on any atom is 0.410 e. The van der Waals surface area contributed by atoms with E-state index in [1.165, 1.54) is 0 Å². The van der Waals surface area contributed by atoms with Crippen molar-refractivity contribution in [2.75, 3.05) is 13.1 Å². The zero-order valence-corrected chi connectivity index (χ0v) is 12.3. The fraction of sp³-hybridized carbons (Fsp3) is 0.857. The van der Waals surface area contributed by atoms with Crippen LogP contribution in [0.4, 0.5) is 4.79 Å². The van der Waals surface area contributed by atoms with E-state index >= 15 is 0 Å². The van der Waals surface area contributed by atoms with Crippen molar-refractivity contribution < 1.29 is 9.53 Å². The molecule has 0 rings (SSSR count). The first-order valence-electron chi connectivity index (χ1n) is 6.68. The molecule has 1 amide bonds. The van der Waals surface area contributed by atoms with E-state index < -0.39 is 5.60 Å². The number of nitriles is 1. The van der Waals surface area contributed by atoms with Gasteiger partial charge in [-0.1, -0.05) is 26.7 Å². The van der Waals surface area contributed by atoms with Gasteiger partial charge in [-0.2, -0.15) is 5.26 Å². The van der Waals surface area contributed by atoms with Gasteiger partial charge in [-0.3, -0.25) is 0 Å². The predicted molar refractivity (Wildman–Crippen MR) is 72.1 cm³/mol. The maximum atomic E-state index is 12.0. The summed E-state index contributed by atoms with van der Waals surface area (Å²) in [5.74, 6) is 0.469. The van der Waals surface area contributed by atoms with Gasteiger partial charge in [0.05, 0.1) is 12.5 Å². The number of ether oxygens (including phenoxy) is 1. The van der Waals surface area contributed by atoms with E-state index in [0.717, 1.165) is 12.8 Å². The molecule has 4 nitrogen and oxygen atoms in total. The second-order valence-corrected chi connectivity index (χ2v) is 5.52. The Morgan fingerprint density at radius 1 is 1.33 bits per heavy atom. The van der Waals surface area contributed by atoms with Crippen molar-refractivity contribution in [1.82, 2.24) is 4.90 Å². The van der Waals surface area contributed by atoms with E-state index in [4.69, 9.17) is 10.00 Å². The molecular weight excluding hydrogens is 228 g/mol. The summed E-state index contributed by atoms with van der Waals surface area (Å²) in [6.07, 6.45) is 2.09. The van der Waals surface area contributed by atoms with E-state index in [0.29, 0.717) is 25.4 Å². The molecule has 0 saturated heterocycles. The van der Waals surface area contributed by atoms with Crippen molar-refractivity contribution in [2.45, 2.75) is 59.5 Å². The number of carbonyl (C=O) groups is 1. The Bertz CT molecular complexity index is 285. The number of nitrogens with zero attached hydrogens (tertiary/aromatic N) is 2. The third kappa shape index (κ3) is 7.16. The highest BCUT2D eigenvalue weighted by atomic mass is 16.6. The molecule has 0 aromatic carbocycles.